The molecule has 1 heterocycles. The minimum Gasteiger partial charge on any atom is -0.506 e. The first kappa shape index (κ1) is 22.4. The van der Waals surface area contributed by atoms with Crippen LogP contribution in [0, 0.1) is 0 Å². The molecule has 0 bridgehead atoms. The van der Waals surface area contributed by atoms with Gasteiger partial charge in [0.25, 0.3) is 0 Å². The summed E-state index contributed by atoms with van der Waals surface area (Å²) >= 11 is 0. The number of nitrogens with one attached hydrogen (secondary N) is 1. The summed E-state index contributed by atoms with van der Waals surface area (Å²) in [5, 5.41) is 13.5. The Morgan fingerprint density at radius 2 is 1.65 bits per heavy atom. The van der Waals surface area contributed by atoms with Gasteiger partial charge in [-0.2, -0.15) is 0 Å². The number of para-hydroxylation sites is 2. The summed E-state index contributed by atoms with van der Waals surface area (Å²) in [5.74, 6) is 3.20. The number of hydrogen-bond acceptors (Lipinski definition) is 6. The van der Waals surface area contributed by atoms with E-state index in [1.54, 1.807) is 27.4 Å². The van der Waals surface area contributed by atoms with Crippen LogP contribution in [0.3, 0.4) is 0 Å². The number of methoxy groups -OCH3 is 3. The monoisotopic (exact) mass is 428 g/mol. The highest BCUT2D eigenvalue weighted by Gasteiger charge is 2.22. The first-order valence-electron chi connectivity index (χ1n) is 10.5. The van der Waals surface area contributed by atoms with E-state index in [-0.39, 0.29) is 0 Å². The van der Waals surface area contributed by atoms with Gasteiger partial charge in [0.1, 0.15) is 23.0 Å². The fourth-order valence-electron chi connectivity index (χ4n) is 3.70. The van der Waals surface area contributed by atoms with Crippen molar-refractivity contribution < 1.29 is 19.3 Å². The van der Waals surface area contributed by atoms with Gasteiger partial charge in [0.05, 0.1) is 39.1 Å². The molecule has 3 rings (SSSR count). The summed E-state index contributed by atoms with van der Waals surface area (Å²) in [7, 11) is 4.87. The molecule has 0 radical (unpaired) electrons. The Bertz CT molecular complexity index is 870. The lowest BCUT2D eigenvalue weighted by molar-refractivity contribution is 0.364. The van der Waals surface area contributed by atoms with Crippen molar-refractivity contribution in [1.29, 1.82) is 0 Å². The third-order valence-corrected chi connectivity index (χ3v) is 5.34. The molecule has 0 aromatic heterocycles. The Kier molecular flexibility index (Phi) is 7.70. The van der Waals surface area contributed by atoms with Crippen molar-refractivity contribution >= 4 is 11.6 Å². The van der Waals surface area contributed by atoms with Crippen LogP contribution >= 0.6 is 0 Å². The molecule has 1 saturated heterocycles. The lowest BCUT2D eigenvalue weighted by Gasteiger charge is -2.37. The van der Waals surface area contributed by atoms with Crippen LogP contribution in [-0.2, 0) is 6.54 Å². The second kappa shape index (κ2) is 10.7. The Morgan fingerprint density at radius 1 is 1.00 bits per heavy atom. The van der Waals surface area contributed by atoms with Gasteiger partial charge in [0.2, 0.25) is 0 Å². The first-order chi connectivity index (χ1) is 15.1. The fourth-order valence-corrected chi connectivity index (χ4v) is 3.70. The maximum absolute atomic E-state index is 10.1. The van der Waals surface area contributed by atoms with E-state index >= 15 is 0 Å². The zero-order valence-corrected chi connectivity index (χ0v) is 18.7. The van der Waals surface area contributed by atoms with E-state index in [4.69, 9.17) is 19.2 Å². The molecule has 0 aliphatic carbocycles. The van der Waals surface area contributed by atoms with E-state index in [2.05, 4.69) is 22.0 Å². The molecular formula is C23H32N4O4. The van der Waals surface area contributed by atoms with E-state index in [1.807, 2.05) is 30.3 Å². The smallest absolute Gasteiger partial charge is 0.194 e. The highest BCUT2D eigenvalue weighted by Crippen LogP contribution is 2.34. The van der Waals surface area contributed by atoms with Crippen LogP contribution in [0.5, 0.6) is 23.0 Å². The molecule has 0 saturated carbocycles. The number of nitrogens with zero attached hydrogens (tertiary/aromatic N) is 3. The minimum absolute atomic E-state index is 0.315. The molecule has 1 aliphatic heterocycles. The molecule has 0 spiro atoms. The molecule has 8 nitrogen and oxygen atoms in total. The Hall–Kier alpha value is -3.29. The number of phenolic OH excluding ortho intramolecular Hbond substituents is 1. The highest BCUT2D eigenvalue weighted by atomic mass is 16.5. The lowest BCUT2D eigenvalue weighted by atomic mass is 10.1. The van der Waals surface area contributed by atoms with Crippen LogP contribution in [0.15, 0.2) is 41.4 Å². The molecule has 0 atom stereocenters. The van der Waals surface area contributed by atoms with Gasteiger partial charge in [0.15, 0.2) is 5.96 Å². The largest absolute Gasteiger partial charge is 0.506 e. The van der Waals surface area contributed by atoms with E-state index in [9.17, 15) is 5.11 Å². The number of anilines is 1. The number of aliphatic imine (C=N–C) groups is 1. The highest BCUT2D eigenvalue weighted by molar-refractivity contribution is 5.80. The number of guanidine groups is 1. The Morgan fingerprint density at radius 3 is 2.19 bits per heavy atom. The number of rotatable bonds is 7. The van der Waals surface area contributed by atoms with E-state index in [0.29, 0.717) is 29.5 Å². The molecular weight excluding hydrogens is 396 g/mol. The molecule has 8 heteroatoms. The van der Waals surface area contributed by atoms with Gasteiger partial charge in [0, 0.05) is 44.9 Å². The maximum Gasteiger partial charge on any atom is 0.194 e. The molecule has 2 N–H and O–H groups in total. The lowest BCUT2D eigenvalue weighted by Crippen LogP contribution is -2.52. The van der Waals surface area contributed by atoms with Gasteiger partial charge >= 0.3 is 0 Å². The van der Waals surface area contributed by atoms with Crippen LogP contribution in [0.1, 0.15) is 12.5 Å². The van der Waals surface area contributed by atoms with E-state index in [1.165, 1.54) is 0 Å². The molecule has 0 amide bonds. The van der Waals surface area contributed by atoms with Crippen LogP contribution < -0.4 is 24.4 Å². The van der Waals surface area contributed by atoms with Crippen LogP contribution in [0.4, 0.5) is 5.69 Å². The predicted molar refractivity (Wildman–Crippen MR) is 123 cm³/mol. The van der Waals surface area contributed by atoms with E-state index < -0.39 is 0 Å². The molecule has 31 heavy (non-hydrogen) atoms. The van der Waals surface area contributed by atoms with Crippen molar-refractivity contribution in [1.82, 2.24) is 10.2 Å². The second-order valence-corrected chi connectivity index (χ2v) is 7.14. The summed E-state index contributed by atoms with van der Waals surface area (Å²) in [4.78, 5) is 9.30. The molecule has 2 aromatic rings. The van der Waals surface area contributed by atoms with Crippen molar-refractivity contribution in [3.63, 3.8) is 0 Å². The zero-order valence-electron chi connectivity index (χ0n) is 18.7. The minimum atomic E-state index is 0.315. The third kappa shape index (κ3) is 5.25. The molecule has 168 valence electrons. The number of benzene rings is 2. The summed E-state index contributed by atoms with van der Waals surface area (Å²) in [6.45, 7) is 6.46. The third-order valence-electron chi connectivity index (χ3n) is 5.34. The normalized spacial score (nSPS) is 14.4. The van der Waals surface area contributed by atoms with Gasteiger partial charge in [-0.3, -0.25) is 0 Å². The van der Waals surface area contributed by atoms with Crippen molar-refractivity contribution in [2.45, 2.75) is 13.5 Å². The van der Waals surface area contributed by atoms with Gasteiger partial charge in [-0.05, 0) is 19.1 Å². The van der Waals surface area contributed by atoms with Crippen LogP contribution in [0.2, 0.25) is 0 Å². The van der Waals surface area contributed by atoms with Crippen molar-refractivity contribution in [3.05, 3.63) is 42.0 Å². The maximum atomic E-state index is 10.1. The average Bonchev–Trinajstić information content (AvgIpc) is 2.81. The topological polar surface area (TPSA) is 78.8 Å². The van der Waals surface area contributed by atoms with Gasteiger partial charge < -0.3 is 34.4 Å². The number of ether oxygens (including phenoxy) is 3. The Labute approximate surface area is 184 Å². The second-order valence-electron chi connectivity index (χ2n) is 7.14. The van der Waals surface area contributed by atoms with Gasteiger partial charge in [-0.15, -0.1) is 0 Å². The van der Waals surface area contributed by atoms with Crippen molar-refractivity contribution in [3.8, 4) is 23.0 Å². The SMILES string of the molecule is CCNC(=NCc1c(OC)cc(OC)cc1OC)N1CCN(c2ccccc2O)CC1. The standard InChI is InChI=1S/C23H32N4O4/c1-5-24-23(25-16-18-21(30-3)14-17(29-2)15-22(18)31-4)27-12-10-26(11-13-27)19-8-6-7-9-20(19)28/h6-9,14-15,28H,5,10-13,16H2,1-4H3,(H,24,25). The van der Waals surface area contributed by atoms with E-state index in [0.717, 1.165) is 49.9 Å². The average molecular weight is 429 g/mol. The number of piperazine rings is 1. The summed E-state index contributed by atoms with van der Waals surface area (Å²) in [5.41, 5.74) is 1.74. The summed E-state index contributed by atoms with van der Waals surface area (Å²) in [6.07, 6.45) is 0. The first-order valence-corrected chi connectivity index (χ1v) is 10.5. The molecule has 1 fully saturated rings. The van der Waals surface area contributed by atoms with Crippen molar-refractivity contribution in [2.24, 2.45) is 4.99 Å². The molecule has 2 aromatic carbocycles. The van der Waals surface area contributed by atoms with Crippen LogP contribution in [-0.4, -0.2) is 70.0 Å². The van der Waals surface area contributed by atoms with Crippen LogP contribution in [0.25, 0.3) is 0 Å². The quantitative estimate of drug-likeness (QED) is 0.519. The van der Waals surface area contributed by atoms with Crippen molar-refractivity contribution in [2.75, 3.05) is 59.0 Å². The summed E-state index contributed by atoms with van der Waals surface area (Å²) < 4.78 is 16.4. The fraction of sp³-hybridized carbons (Fsp3) is 0.435. The predicted octanol–water partition coefficient (Wildman–Crippen LogP) is 2.71. The van der Waals surface area contributed by atoms with Gasteiger partial charge in [-0.25, -0.2) is 4.99 Å². The number of hydrogen-bond donors (Lipinski definition) is 2. The molecule has 1 aliphatic rings. The molecule has 0 unspecified atom stereocenters. The number of aromatic hydroxyl groups is 1. The van der Waals surface area contributed by atoms with Gasteiger partial charge in [-0.1, -0.05) is 12.1 Å². The number of phenols is 1. The summed E-state index contributed by atoms with van der Waals surface area (Å²) in [6, 6.07) is 11.1. The zero-order chi connectivity index (χ0) is 22.2. The Balaban J connectivity index is 1.75.